The summed E-state index contributed by atoms with van der Waals surface area (Å²) < 4.78 is 11.4. The van der Waals surface area contributed by atoms with Gasteiger partial charge in [0.15, 0.2) is 11.5 Å². The predicted octanol–water partition coefficient (Wildman–Crippen LogP) is 5.92. The first-order valence-electron chi connectivity index (χ1n) is 10.9. The zero-order valence-corrected chi connectivity index (χ0v) is 19.8. The van der Waals surface area contributed by atoms with Crippen LogP contribution >= 0.6 is 0 Å². The monoisotopic (exact) mass is 459 g/mol. The van der Waals surface area contributed by atoms with E-state index in [1.54, 1.807) is 43.5 Å². The van der Waals surface area contributed by atoms with E-state index < -0.39 is 11.9 Å². The van der Waals surface area contributed by atoms with Gasteiger partial charge in [-0.05, 0) is 52.4 Å². The standard InChI is InChI=1S/C28H29NO5/c1-28(2,3)21-13-9-20(10-14-21)18-34-24-15-11-19(17-25(24)33-4)12-16-26(30)29-23-8-6-5-7-22(23)27(31)32/h5-17H,18H2,1-4H3,(H,29,30)(H,31,32)/b16-12+. The number of carbonyl (C=O) groups excluding carboxylic acids is 1. The summed E-state index contributed by atoms with van der Waals surface area (Å²) in [4.78, 5) is 23.6. The van der Waals surface area contributed by atoms with Crippen LogP contribution in [0.1, 0.15) is 47.8 Å². The molecule has 0 aliphatic rings. The Morgan fingerprint density at radius 1 is 0.971 bits per heavy atom. The minimum Gasteiger partial charge on any atom is -0.493 e. The van der Waals surface area contributed by atoms with Gasteiger partial charge < -0.3 is 19.9 Å². The summed E-state index contributed by atoms with van der Waals surface area (Å²) in [7, 11) is 1.56. The summed E-state index contributed by atoms with van der Waals surface area (Å²) in [5.74, 6) is -0.401. The Morgan fingerprint density at radius 2 is 1.68 bits per heavy atom. The van der Waals surface area contributed by atoms with Gasteiger partial charge in [0.1, 0.15) is 6.61 Å². The quantitative estimate of drug-likeness (QED) is 0.408. The Kier molecular flexibility index (Phi) is 7.74. The summed E-state index contributed by atoms with van der Waals surface area (Å²) in [6.45, 7) is 6.94. The van der Waals surface area contributed by atoms with Crippen molar-refractivity contribution in [1.82, 2.24) is 0 Å². The molecular formula is C28H29NO5. The van der Waals surface area contributed by atoms with Crippen LogP contribution in [0.15, 0.2) is 72.8 Å². The van der Waals surface area contributed by atoms with Gasteiger partial charge in [0.25, 0.3) is 0 Å². The molecule has 0 aromatic heterocycles. The van der Waals surface area contributed by atoms with E-state index in [-0.39, 0.29) is 16.7 Å². The summed E-state index contributed by atoms with van der Waals surface area (Å²) in [6, 6.07) is 20.0. The van der Waals surface area contributed by atoms with Crippen LogP contribution in [0.2, 0.25) is 0 Å². The second-order valence-electron chi connectivity index (χ2n) is 8.82. The normalized spacial score (nSPS) is 11.3. The second-order valence-corrected chi connectivity index (χ2v) is 8.82. The first kappa shape index (κ1) is 24.6. The smallest absolute Gasteiger partial charge is 0.337 e. The van der Waals surface area contributed by atoms with Crippen molar-refractivity contribution in [3.63, 3.8) is 0 Å². The lowest BCUT2D eigenvalue weighted by Crippen LogP contribution is -2.11. The molecule has 0 aliphatic heterocycles. The van der Waals surface area contributed by atoms with Crippen LogP contribution in [0, 0.1) is 0 Å². The number of methoxy groups -OCH3 is 1. The highest BCUT2D eigenvalue weighted by atomic mass is 16.5. The Balaban J connectivity index is 1.65. The molecule has 0 heterocycles. The topological polar surface area (TPSA) is 84.9 Å². The fourth-order valence-corrected chi connectivity index (χ4v) is 3.29. The van der Waals surface area contributed by atoms with E-state index in [1.807, 2.05) is 6.07 Å². The maximum absolute atomic E-state index is 12.3. The fourth-order valence-electron chi connectivity index (χ4n) is 3.29. The van der Waals surface area contributed by atoms with Crippen LogP contribution in [0.3, 0.4) is 0 Å². The number of carbonyl (C=O) groups is 2. The summed E-state index contributed by atoms with van der Waals surface area (Å²) in [6.07, 6.45) is 2.96. The fraction of sp³-hybridized carbons (Fsp3) is 0.214. The lowest BCUT2D eigenvalue weighted by molar-refractivity contribution is -0.111. The number of hydrogen-bond donors (Lipinski definition) is 2. The number of ether oxygens (including phenoxy) is 2. The van der Waals surface area contributed by atoms with Crippen molar-refractivity contribution < 1.29 is 24.2 Å². The molecule has 3 aromatic rings. The van der Waals surface area contributed by atoms with E-state index in [9.17, 15) is 14.7 Å². The van der Waals surface area contributed by atoms with E-state index in [0.717, 1.165) is 11.1 Å². The van der Waals surface area contributed by atoms with Gasteiger partial charge in [-0.3, -0.25) is 4.79 Å². The Labute approximate surface area is 199 Å². The predicted molar refractivity (Wildman–Crippen MR) is 134 cm³/mol. The van der Waals surface area contributed by atoms with Crippen molar-refractivity contribution >= 4 is 23.6 Å². The minimum absolute atomic E-state index is 0.0282. The SMILES string of the molecule is COc1cc(/C=C/C(=O)Nc2ccccc2C(=O)O)ccc1OCc1ccc(C(C)(C)C)cc1. The molecule has 0 fully saturated rings. The van der Waals surface area contributed by atoms with Crippen molar-refractivity contribution in [3.8, 4) is 11.5 Å². The van der Waals surface area contributed by atoms with Gasteiger partial charge in [0.05, 0.1) is 18.4 Å². The highest BCUT2D eigenvalue weighted by Gasteiger charge is 2.13. The molecule has 0 spiro atoms. The molecule has 6 heteroatoms. The molecule has 0 atom stereocenters. The van der Waals surface area contributed by atoms with Crippen LogP contribution in [-0.4, -0.2) is 24.1 Å². The van der Waals surface area contributed by atoms with Crippen LogP contribution in [-0.2, 0) is 16.8 Å². The Morgan fingerprint density at radius 3 is 2.32 bits per heavy atom. The third-order valence-corrected chi connectivity index (χ3v) is 5.24. The van der Waals surface area contributed by atoms with E-state index in [4.69, 9.17) is 9.47 Å². The van der Waals surface area contributed by atoms with Crippen molar-refractivity contribution in [2.75, 3.05) is 12.4 Å². The molecule has 0 radical (unpaired) electrons. The lowest BCUT2D eigenvalue weighted by Gasteiger charge is -2.19. The van der Waals surface area contributed by atoms with Gasteiger partial charge in [-0.15, -0.1) is 0 Å². The summed E-state index contributed by atoms with van der Waals surface area (Å²) >= 11 is 0. The molecule has 2 N–H and O–H groups in total. The van der Waals surface area contributed by atoms with E-state index in [1.165, 1.54) is 17.7 Å². The van der Waals surface area contributed by atoms with Crippen LogP contribution in [0.5, 0.6) is 11.5 Å². The molecule has 0 unspecified atom stereocenters. The highest BCUT2D eigenvalue weighted by Crippen LogP contribution is 2.30. The molecular weight excluding hydrogens is 430 g/mol. The Hall–Kier alpha value is -4.06. The number of amides is 1. The number of hydrogen-bond acceptors (Lipinski definition) is 4. The molecule has 0 aliphatic carbocycles. The van der Waals surface area contributed by atoms with E-state index in [0.29, 0.717) is 18.1 Å². The van der Waals surface area contributed by atoms with E-state index >= 15 is 0 Å². The first-order valence-corrected chi connectivity index (χ1v) is 10.9. The lowest BCUT2D eigenvalue weighted by atomic mass is 9.87. The minimum atomic E-state index is -1.11. The van der Waals surface area contributed by atoms with Crippen LogP contribution in [0.25, 0.3) is 6.08 Å². The van der Waals surface area contributed by atoms with Gasteiger partial charge >= 0.3 is 5.97 Å². The van der Waals surface area contributed by atoms with Gasteiger partial charge in [-0.1, -0.05) is 63.2 Å². The number of aromatic carboxylic acids is 1. The maximum Gasteiger partial charge on any atom is 0.337 e. The largest absolute Gasteiger partial charge is 0.493 e. The molecule has 1 amide bonds. The van der Waals surface area contributed by atoms with Gasteiger partial charge in [-0.2, -0.15) is 0 Å². The zero-order valence-electron chi connectivity index (χ0n) is 19.8. The number of nitrogens with one attached hydrogen (secondary N) is 1. The molecule has 6 nitrogen and oxygen atoms in total. The van der Waals surface area contributed by atoms with Crippen molar-refractivity contribution in [3.05, 3.63) is 95.1 Å². The molecule has 3 aromatic carbocycles. The van der Waals surface area contributed by atoms with Gasteiger partial charge in [0, 0.05) is 6.08 Å². The van der Waals surface area contributed by atoms with Crippen molar-refractivity contribution in [1.29, 1.82) is 0 Å². The van der Waals surface area contributed by atoms with E-state index in [2.05, 4.69) is 50.4 Å². The number of carboxylic acids is 1. The van der Waals surface area contributed by atoms with Gasteiger partial charge in [-0.25, -0.2) is 4.79 Å². The molecule has 176 valence electrons. The average molecular weight is 460 g/mol. The third kappa shape index (κ3) is 6.48. The van der Waals surface area contributed by atoms with Crippen molar-refractivity contribution in [2.24, 2.45) is 0 Å². The van der Waals surface area contributed by atoms with Gasteiger partial charge in [0.2, 0.25) is 5.91 Å². The molecule has 0 saturated carbocycles. The number of para-hydroxylation sites is 1. The number of anilines is 1. The average Bonchev–Trinajstić information content (AvgIpc) is 2.81. The summed E-state index contributed by atoms with van der Waals surface area (Å²) in [5.41, 5.74) is 3.42. The van der Waals surface area contributed by atoms with Crippen molar-refractivity contribution in [2.45, 2.75) is 32.8 Å². The number of carboxylic acid groups (broad SMARTS) is 1. The van der Waals surface area contributed by atoms with Crippen LogP contribution in [0.4, 0.5) is 5.69 Å². The zero-order chi connectivity index (χ0) is 24.7. The molecule has 3 rings (SSSR count). The Bertz CT molecular complexity index is 1190. The molecule has 0 bridgehead atoms. The van der Waals surface area contributed by atoms with Crippen LogP contribution < -0.4 is 14.8 Å². The number of rotatable bonds is 8. The second kappa shape index (κ2) is 10.7. The molecule has 0 saturated heterocycles. The first-order chi connectivity index (χ1) is 16.2. The third-order valence-electron chi connectivity index (χ3n) is 5.24. The molecule has 34 heavy (non-hydrogen) atoms. The maximum atomic E-state index is 12.3. The summed E-state index contributed by atoms with van der Waals surface area (Å²) in [5, 5.41) is 11.8. The number of benzene rings is 3. The highest BCUT2D eigenvalue weighted by molar-refractivity contribution is 6.06.